The number of allylic oxidation sites excluding steroid dienone is 1. The number of carbonyl (C=O) groups excluding carboxylic acids is 1. The average Bonchev–Trinajstić information content (AvgIpc) is 2.84. The van der Waals surface area contributed by atoms with Crippen molar-refractivity contribution in [2.75, 3.05) is 0 Å². The van der Waals surface area contributed by atoms with Gasteiger partial charge in [0, 0.05) is 12.8 Å². The molecule has 4 aliphatic carbocycles. The molecule has 4 rings (SSSR count). The van der Waals surface area contributed by atoms with Gasteiger partial charge in [0.1, 0.15) is 5.78 Å². The molecule has 122 valence electrons. The summed E-state index contributed by atoms with van der Waals surface area (Å²) >= 11 is 0. The van der Waals surface area contributed by atoms with Gasteiger partial charge in [-0.1, -0.05) is 19.9 Å². The zero-order valence-corrected chi connectivity index (χ0v) is 14.4. The monoisotopic (exact) mass is 300 g/mol. The molecule has 0 aliphatic heterocycles. The topological polar surface area (TPSA) is 17.1 Å². The van der Waals surface area contributed by atoms with Gasteiger partial charge in [-0.2, -0.15) is 0 Å². The smallest absolute Gasteiger partial charge is 0.133 e. The molecule has 0 aromatic heterocycles. The minimum Gasteiger partial charge on any atom is -0.300 e. The van der Waals surface area contributed by atoms with Crippen LogP contribution in [0.25, 0.3) is 0 Å². The van der Waals surface area contributed by atoms with Crippen molar-refractivity contribution in [3.8, 4) is 0 Å². The first-order chi connectivity index (χ1) is 10.5. The molecule has 4 aliphatic rings. The molecule has 0 N–H and O–H groups in total. The van der Waals surface area contributed by atoms with Gasteiger partial charge in [0.25, 0.3) is 0 Å². The van der Waals surface area contributed by atoms with Crippen LogP contribution in [0.2, 0.25) is 0 Å². The van der Waals surface area contributed by atoms with E-state index < -0.39 is 0 Å². The summed E-state index contributed by atoms with van der Waals surface area (Å²) in [6, 6.07) is 0. The number of rotatable bonds is 1. The first-order valence-electron chi connectivity index (χ1n) is 9.63. The van der Waals surface area contributed by atoms with E-state index in [2.05, 4.69) is 26.5 Å². The van der Waals surface area contributed by atoms with Crippen molar-refractivity contribution in [1.82, 2.24) is 0 Å². The Balaban J connectivity index is 1.63. The highest BCUT2D eigenvalue weighted by Gasteiger charge is 2.59. The van der Waals surface area contributed by atoms with Gasteiger partial charge < -0.3 is 0 Å². The third kappa shape index (κ3) is 1.86. The fourth-order valence-electron chi connectivity index (χ4n) is 7.47. The van der Waals surface area contributed by atoms with Crippen LogP contribution in [-0.2, 0) is 4.79 Å². The second kappa shape index (κ2) is 4.95. The van der Waals surface area contributed by atoms with E-state index in [1.165, 1.54) is 44.9 Å². The van der Waals surface area contributed by atoms with Crippen molar-refractivity contribution in [1.29, 1.82) is 0 Å². The number of hydrogen-bond acceptors (Lipinski definition) is 1. The highest BCUT2D eigenvalue weighted by molar-refractivity contribution is 5.79. The lowest BCUT2D eigenvalue weighted by Gasteiger charge is -2.60. The Kier molecular flexibility index (Phi) is 3.37. The summed E-state index contributed by atoms with van der Waals surface area (Å²) in [6.07, 6.45) is 13.5. The van der Waals surface area contributed by atoms with Crippen molar-refractivity contribution < 1.29 is 4.79 Å². The molecule has 0 amide bonds. The largest absolute Gasteiger partial charge is 0.300 e. The number of fused-ring (bicyclic) bond motifs is 5. The van der Waals surface area contributed by atoms with Crippen molar-refractivity contribution in [3.05, 3.63) is 12.7 Å². The molecule has 22 heavy (non-hydrogen) atoms. The molecule has 0 aromatic rings. The maximum Gasteiger partial charge on any atom is 0.133 e. The Morgan fingerprint density at radius 1 is 1.00 bits per heavy atom. The van der Waals surface area contributed by atoms with Crippen LogP contribution in [0, 0.1) is 40.4 Å². The lowest BCUT2D eigenvalue weighted by molar-refractivity contribution is -0.138. The zero-order chi connectivity index (χ0) is 15.5. The van der Waals surface area contributed by atoms with E-state index in [0.717, 1.165) is 36.5 Å². The molecular formula is C21H32O. The summed E-state index contributed by atoms with van der Waals surface area (Å²) in [5.74, 6) is 4.71. The van der Waals surface area contributed by atoms with Crippen LogP contribution in [0.15, 0.2) is 12.7 Å². The Bertz CT molecular complexity index is 494. The van der Waals surface area contributed by atoms with E-state index in [1.54, 1.807) is 0 Å². The molecule has 0 aromatic carbocycles. The molecule has 0 bridgehead atoms. The SMILES string of the molecule is C=C[C@H]1CC[C@H]2[C@@H]3CC[C@H]4CC(=O)CC[C@]4(C)[C@H]3CC[C@]12C. The standard InChI is InChI=1S/C21H32O/c1-4-14-6-8-18-17-7-5-15-13-16(22)9-11-21(15,3)19(17)10-12-20(14,18)2/h4,14-15,17-19H,1,5-13H2,2-3H3/t14-,15-,17-,18-,19-,20+,21-/m0/s1. The van der Waals surface area contributed by atoms with Crippen LogP contribution < -0.4 is 0 Å². The highest BCUT2D eigenvalue weighted by Crippen LogP contribution is 2.67. The maximum absolute atomic E-state index is 11.9. The predicted octanol–water partition coefficient (Wildman–Crippen LogP) is 5.40. The third-order valence-corrected chi connectivity index (χ3v) is 8.84. The second-order valence-corrected chi connectivity index (χ2v) is 9.36. The molecule has 1 nitrogen and oxygen atoms in total. The third-order valence-electron chi connectivity index (χ3n) is 8.84. The zero-order valence-electron chi connectivity index (χ0n) is 14.4. The molecule has 7 atom stereocenters. The molecule has 1 heteroatoms. The molecule has 4 saturated carbocycles. The number of ketones is 1. The maximum atomic E-state index is 11.9. The van der Waals surface area contributed by atoms with Crippen LogP contribution in [0.5, 0.6) is 0 Å². The predicted molar refractivity (Wildman–Crippen MR) is 90.4 cm³/mol. The molecule has 0 spiro atoms. The fraction of sp³-hybridized carbons (Fsp3) is 0.857. The molecular weight excluding hydrogens is 268 g/mol. The minimum absolute atomic E-state index is 0.463. The van der Waals surface area contributed by atoms with Crippen molar-refractivity contribution in [2.24, 2.45) is 40.4 Å². The Morgan fingerprint density at radius 3 is 2.55 bits per heavy atom. The fourth-order valence-corrected chi connectivity index (χ4v) is 7.47. The molecule has 0 heterocycles. The highest BCUT2D eigenvalue weighted by atomic mass is 16.1. The van der Waals surface area contributed by atoms with Crippen molar-refractivity contribution in [3.63, 3.8) is 0 Å². The first kappa shape index (κ1) is 15.0. The Labute approximate surface area is 135 Å². The van der Waals surface area contributed by atoms with Crippen LogP contribution in [-0.4, -0.2) is 5.78 Å². The molecule has 0 radical (unpaired) electrons. The molecule has 0 unspecified atom stereocenters. The first-order valence-corrected chi connectivity index (χ1v) is 9.63. The van der Waals surface area contributed by atoms with Crippen LogP contribution in [0.4, 0.5) is 0 Å². The Morgan fingerprint density at radius 2 is 1.77 bits per heavy atom. The van der Waals surface area contributed by atoms with Crippen LogP contribution in [0.1, 0.15) is 71.6 Å². The van der Waals surface area contributed by atoms with E-state index in [1.807, 2.05) is 0 Å². The molecule has 0 saturated heterocycles. The van der Waals surface area contributed by atoms with E-state index in [-0.39, 0.29) is 0 Å². The van der Waals surface area contributed by atoms with E-state index in [4.69, 9.17) is 0 Å². The molecule has 4 fully saturated rings. The lowest BCUT2D eigenvalue weighted by Crippen LogP contribution is -2.53. The number of Topliss-reactive ketones (excluding diaryl/α,β-unsaturated/α-hetero) is 1. The summed E-state index contributed by atoms with van der Waals surface area (Å²) in [7, 11) is 0. The Hall–Kier alpha value is -0.590. The quantitative estimate of drug-likeness (QED) is 0.592. The van der Waals surface area contributed by atoms with Gasteiger partial charge in [-0.25, -0.2) is 0 Å². The van der Waals surface area contributed by atoms with Crippen molar-refractivity contribution in [2.45, 2.75) is 71.6 Å². The minimum atomic E-state index is 0.463. The van der Waals surface area contributed by atoms with Gasteiger partial charge in [0.2, 0.25) is 0 Å². The van der Waals surface area contributed by atoms with Crippen molar-refractivity contribution >= 4 is 5.78 Å². The van der Waals surface area contributed by atoms with Gasteiger partial charge in [-0.05, 0) is 85.4 Å². The summed E-state index contributed by atoms with van der Waals surface area (Å²) in [4.78, 5) is 11.9. The number of hydrogen-bond donors (Lipinski definition) is 0. The van der Waals surface area contributed by atoms with E-state index in [0.29, 0.717) is 22.5 Å². The second-order valence-electron chi connectivity index (χ2n) is 9.36. The average molecular weight is 300 g/mol. The van der Waals surface area contributed by atoms with Gasteiger partial charge in [-0.3, -0.25) is 4.79 Å². The van der Waals surface area contributed by atoms with E-state index in [9.17, 15) is 4.79 Å². The van der Waals surface area contributed by atoms with E-state index >= 15 is 0 Å². The summed E-state index contributed by atoms with van der Waals surface area (Å²) in [6.45, 7) is 9.24. The number of carbonyl (C=O) groups is 1. The normalized spacial score (nSPS) is 54.3. The summed E-state index contributed by atoms with van der Waals surface area (Å²) in [5, 5.41) is 0. The summed E-state index contributed by atoms with van der Waals surface area (Å²) < 4.78 is 0. The van der Waals surface area contributed by atoms with Crippen LogP contribution >= 0.6 is 0 Å². The van der Waals surface area contributed by atoms with Gasteiger partial charge in [0.05, 0.1) is 0 Å². The van der Waals surface area contributed by atoms with Crippen LogP contribution in [0.3, 0.4) is 0 Å². The van der Waals surface area contributed by atoms with Gasteiger partial charge in [-0.15, -0.1) is 6.58 Å². The van der Waals surface area contributed by atoms with Gasteiger partial charge in [0.15, 0.2) is 0 Å². The summed E-state index contributed by atoms with van der Waals surface area (Å²) in [5.41, 5.74) is 0.987. The van der Waals surface area contributed by atoms with Gasteiger partial charge >= 0.3 is 0 Å². The lowest BCUT2D eigenvalue weighted by atomic mass is 9.45.